The second-order valence-corrected chi connectivity index (χ2v) is 4.90. The van der Waals surface area contributed by atoms with Crippen molar-refractivity contribution in [1.29, 1.82) is 0 Å². The lowest BCUT2D eigenvalue weighted by molar-refractivity contribution is -0.141. The number of carbonyl (C=O) groups is 2. The van der Waals surface area contributed by atoms with Crippen LogP contribution in [0.4, 0.5) is 0 Å². The second-order valence-electron chi connectivity index (χ2n) is 4.90. The van der Waals surface area contributed by atoms with E-state index < -0.39 is 0 Å². The number of carbonyl (C=O) groups excluding carboxylic acids is 2. The van der Waals surface area contributed by atoms with Crippen LogP contribution in [0.3, 0.4) is 0 Å². The van der Waals surface area contributed by atoms with E-state index in [1.165, 1.54) is 6.42 Å². The van der Waals surface area contributed by atoms with Crippen LogP contribution in [0.25, 0.3) is 0 Å². The predicted octanol–water partition coefficient (Wildman–Crippen LogP) is 1.61. The zero-order valence-corrected chi connectivity index (χ0v) is 9.53. The van der Waals surface area contributed by atoms with Gasteiger partial charge in [-0.15, -0.1) is 0 Å². The molecule has 2 rings (SSSR count). The van der Waals surface area contributed by atoms with E-state index in [-0.39, 0.29) is 17.9 Å². The quantitative estimate of drug-likeness (QED) is 0.608. The van der Waals surface area contributed by atoms with Crippen LogP contribution >= 0.6 is 0 Å². The number of nitrogens with zero attached hydrogens (tertiary/aromatic N) is 1. The molecule has 1 amide bonds. The minimum absolute atomic E-state index is 0.0490. The maximum Gasteiger partial charge on any atom is 0.219 e. The number of fused-ring (bicyclic) bond motifs is 1. The van der Waals surface area contributed by atoms with Crippen molar-refractivity contribution in [1.82, 2.24) is 4.90 Å². The normalized spacial score (nSPS) is 36.3. The van der Waals surface area contributed by atoms with Crippen molar-refractivity contribution in [3.05, 3.63) is 0 Å². The molecule has 2 aliphatic rings. The molecule has 3 nitrogen and oxygen atoms in total. The number of amides is 1. The summed E-state index contributed by atoms with van der Waals surface area (Å²) in [6, 6.07) is 0.192. The third kappa shape index (κ3) is 1.80. The molecule has 1 saturated heterocycles. The maximum absolute atomic E-state index is 11.7. The molecule has 1 saturated carbocycles. The van der Waals surface area contributed by atoms with Crippen molar-refractivity contribution in [2.75, 3.05) is 6.54 Å². The van der Waals surface area contributed by atoms with Gasteiger partial charge in [0.2, 0.25) is 5.91 Å². The van der Waals surface area contributed by atoms with Crippen LogP contribution in [0.15, 0.2) is 0 Å². The smallest absolute Gasteiger partial charge is 0.219 e. The maximum atomic E-state index is 11.7. The lowest BCUT2D eigenvalue weighted by Crippen LogP contribution is -2.54. The van der Waals surface area contributed by atoms with Crippen LogP contribution in [0, 0.1) is 11.8 Å². The minimum atomic E-state index is 0.0490. The Kier molecular flexibility index (Phi) is 2.81. The topological polar surface area (TPSA) is 37.4 Å². The van der Waals surface area contributed by atoms with E-state index in [9.17, 15) is 9.59 Å². The van der Waals surface area contributed by atoms with E-state index in [4.69, 9.17) is 0 Å². The van der Waals surface area contributed by atoms with Gasteiger partial charge in [0.15, 0.2) is 0 Å². The molecule has 3 atom stereocenters. The molecule has 3 unspecified atom stereocenters. The fraction of sp³-hybridized carbons (Fsp3) is 0.833. The highest BCUT2D eigenvalue weighted by molar-refractivity contribution is 5.83. The summed E-state index contributed by atoms with van der Waals surface area (Å²) in [5, 5.41) is 0. The first kappa shape index (κ1) is 10.7. The molecule has 0 N–H and O–H groups in total. The van der Waals surface area contributed by atoms with Crippen LogP contribution in [-0.2, 0) is 9.59 Å². The van der Waals surface area contributed by atoms with E-state index in [0.717, 1.165) is 19.4 Å². The van der Waals surface area contributed by atoms with Crippen LogP contribution in [0.1, 0.15) is 39.5 Å². The Morgan fingerprint density at radius 3 is 2.80 bits per heavy atom. The highest BCUT2D eigenvalue weighted by atomic mass is 16.2. The fourth-order valence-electron chi connectivity index (χ4n) is 3.20. The molecule has 1 aliphatic heterocycles. The van der Waals surface area contributed by atoms with Crippen molar-refractivity contribution < 1.29 is 9.59 Å². The number of likely N-dealkylation sites (tertiary alicyclic amines) is 1. The number of ketones is 1. The highest BCUT2D eigenvalue weighted by Crippen LogP contribution is 2.36. The van der Waals surface area contributed by atoms with E-state index in [0.29, 0.717) is 18.1 Å². The van der Waals surface area contributed by atoms with Gasteiger partial charge >= 0.3 is 0 Å². The monoisotopic (exact) mass is 209 g/mol. The number of piperidine rings is 1. The van der Waals surface area contributed by atoms with Gasteiger partial charge in [0.1, 0.15) is 5.78 Å². The molecule has 0 aromatic heterocycles. The van der Waals surface area contributed by atoms with Gasteiger partial charge in [-0.25, -0.2) is 0 Å². The molecule has 1 heterocycles. The Hall–Kier alpha value is -0.860. The van der Waals surface area contributed by atoms with Gasteiger partial charge in [0, 0.05) is 31.8 Å². The summed E-state index contributed by atoms with van der Waals surface area (Å²) in [6.45, 7) is 4.45. The van der Waals surface area contributed by atoms with E-state index in [2.05, 4.69) is 0 Å². The Balaban J connectivity index is 2.21. The zero-order valence-electron chi connectivity index (χ0n) is 9.53. The number of hydrogen-bond acceptors (Lipinski definition) is 2. The molecule has 0 aromatic rings. The molecule has 0 aromatic carbocycles. The SMILES string of the molecule is CC(=O)N1CCCC2CCC(=O)C(C)C21. The van der Waals surface area contributed by atoms with Crippen LogP contribution in [-0.4, -0.2) is 29.2 Å². The van der Waals surface area contributed by atoms with E-state index >= 15 is 0 Å². The van der Waals surface area contributed by atoms with Gasteiger partial charge in [-0.1, -0.05) is 6.92 Å². The Bertz CT molecular complexity index is 287. The number of Topliss-reactive ketones (excluding diaryl/α,β-unsaturated/α-hetero) is 1. The summed E-state index contributed by atoms with van der Waals surface area (Å²) in [7, 11) is 0. The molecule has 84 valence electrons. The summed E-state index contributed by atoms with van der Waals surface area (Å²) < 4.78 is 0. The van der Waals surface area contributed by atoms with Gasteiger partial charge < -0.3 is 4.90 Å². The van der Waals surface area contributed by atoms with E-state index in [1.54, 1.807) is 6.92 Å². The Morgan fingerprint density at radius 2 is 2.13 bits per heavy atom. The highest BCUT2D eigenvalue weighted by Gasteiger charge is 2.42. The first-order valence-corrected chi connectivity index (χ1v) is 5.91. The van der Waals surface area contributed by atoms with Crippen LogP contribution in [0.2, 0.25) is 0 Å². The summed E-state index contributed by atoms with van der Waals surface area (Å²) in [5.74, 6) is 1.08. The van der Waals surface area contributed by atoms with Gasteiger partial charge in [0.25, 0.3) is 0 Å². The van der Waals surface area contributed by atoms with E-state index in [1.807, 2.05) is 11.8 Å². The Labute approximate surface area is 90.8 Å². The number of rotatable bonds is 0. The largest absolute Gasteiger partial charge is 0.339 e. The van der Waals surface area contributed by atoms with Crippen molar-refractivity contribution in [3.63, 3.8) is 0 Å². The summed E-state index contributed by atoms with van der Waals surface area (Å²) >= 11 is 0. The average molecular weight is 209 g/mol. The molecule has 1 aliphatic carbocycles. The molecular formula is C12H19NO2. The van der Waals surface area contributed by atoms with Gasteiger partial charge in [-0.2, -0.15) is 0 Å². The summed E-state index contributed by atoms with van der Waals surface area (Å²) in [6.07, 6.45) is 3.99. The molecule has 2 fully saturated rings. The standard InChI is InChI=1S/C12H19NO2/c1-8-11(15)6-5-10-4-3-7-13(9(2)14)12(8)10/h8,10,12H,3-7H2,1-2H3. The fourth-order valence-corrected chi connectivity index (χ4v) is 3.20. The predicted molar refractivity (Wildman–Crippen MR) is 57.3 cm³/mol. The molecular weight excluding hydrogens is 190 g/mol. The van der Waals surface area contributed by atoms with Crippen molar-refractivity contribution in [3.8, 4) is 0 Å². The Morgan fingerprint density at radius 1 is 1.40 bits per heavy atom. The first-order valence-electron chi connectivity index (χ1n) is 5.91. The van der Waals surface area contributed by atoms with Crippen LogP contribution in [0.5, 0.6) is 0 Å². The molecule has 0 spiro atoms. The zero-order chi connectivity index (χ0) is 11.0. The lowest BCUT2D eigenvalue weighted by Gasteiger charge is -2.46. The van der Waals surface area contributed by atoms with Crippen LogP contribution < -0.4 is 0 Å². The minimum Gasteiger partial charge on any atom is -0.339 e. The third-order valence-corrected chi connectivity index (χ3v) is 4.00. The lowest BCUT2D eigenvalue weighted by atomic mass is 9.72. The number of hydrogen-bond donors (Lipinski definition) is 0. The molecule has 15 heavy (non-hydrogen) atoms. The summed E-state index contributed by atoms with van der Waals surface area (Å²) in [5.41, 5.74) is 0. The molecule has 0 bridgehead atoms. The van der Waals surface area contributed by atoms with Gasteiger partial charge in [-0.05, 0) is 25.2 Å². The molecule has 3 heteroatoms. The second kappa shape index (κ2) is 3.95. The first-order chi connectivity index (χ1) is 7.11. The van der Waals surface area contributed by atoms with Crippen molar-refractivity contribution >= 4 is 11.7 Å². The average Bonchev–Trinajstić information content (AvgIpc) is 2.23. The van der Waals surface area contributed by atoms with Gasteiger partial charge in [0.05, 0.1) is 0 Å². The third-order valence-electron chi connectivity index (χ3n) is 4.00. The van der Waals surface area contributed by atoms with Crippen molar-refractivity contribution in [2.45, 2.75) is 45.6 Å². The van der Waals surface area contributed by atoms with Crippen molar-refractivity contribution in [2.24, 2.45) is 11.8 Å². The molecule has 0 radical (unpaired) electrons. The van der Waals surface area contributed by atoms with Gasteiger partial charge in [-0.3, -0.25) is 9.59 Å². The summed E-state index contributed by atoms with van der Waals surface area (Å²) in [4.78, 5) is 25.1.